The fourth-order valence-electron chi connectivity index (χ4n) is 4.22. The van der Waals surface area contributed by atoms with Gasteiger partial charge in [0.15, 0.2) is 16.7 Å². The smallest absolute Gasteiger partial charge is 0.296 e. The minimum Gasteiger partial charge on any atom is -0.503 e. The molecular formula is C28H24N2O6S. The standard InChI is InChI=1S/C28H24N2O6S/c1-4-13-35-18-8-6-7-17(14-18)24-23(25(31)21-12-9-16(3)36-21)26(32)27(33)30(24)28-29-20-11-10-19(34-5-2)15-22(20)37-28/h4,6-12,14-15,24,32H,1,5,13H2,2-3H3. The number of anilines is 1. The molecule has 1 aliphatic heterocycles. The number of benzene rings is 2. The zero-order valence-corrected chi connectivity index (χ0v) is 21.1. The van der Waals surface area contributed by atoms with Crippen molar-refractivity contribution in [2.75, 3.05) is 18.1 Å². The van der Waals surface area contributed by atoms with Crippen LogP contribution in [0.3, 0.4) is 0 Å². The highest BCUT2D eigenvalue weighted by Gasteiger charge is 2.46. The number of ketones is 1. The molecule has 1 N–H and O–H groups in total. The number of carbonyl (C=O) groups is 2. The Labute approximate surface area is 217 Å². The Kier molecular flexibility index (Phi) is 6.54. The van der Waals surface area contributed by atoms with Crippen LogP contribution in [-0.2, 0) is 4.79 Å². The number of amides is 1. The van der Waals surface area contributed by atoms with Crippen LogP contribution in [0.5, 0.6) is 11.5 Å². The summed E-state index contributed by atoms with van der Waals surface area (Å²) < 4.78 is 17.6. The Bertz CT molecular complexity index is 1550. The number of rotatable bonds is 9. The van der Waals surface area contributed by atoms with E-state index in [2.05, 4.69) is 11.6 Å². The first-order valence-corrected chi connectivity index (χ1v) is 12.5. The summed E-state index contributed by atoms with van der Waals surface area (Å²) in [5, 5.41) is 11.3. The van der Waals surface area contributed by atoms with Crippen molar-refractivity contribution in [3.05, 3.63) is 95.7 Å². The summed E-state index contributed by atoms with van der Waals surface area (Å²) >= 11 is 1.27. The molecule has 0 saturated carbocycles. The van der Waals surface area contributed by atoms with Crippen molar-refractivity contribution in [2.45, 2.75) is 19.9 Å². The average Bonchev–Trinajstić information content (AvgIpc) is 3.58. The molecule has 2 aromatic carbocycles. The molecule has 0 radical (unpaired) electrons. The number of aromatic nitrogens is 1. The lowest BCUT2D eigenvalue weighted by Gasteiger charge is -2.24. The summed E-state index contributed by atoms with van der Waals surface area (Å²) in [5.74, 6) is -0.160. The van der Waals surface area contributed by atoms with Crippen molar-refractivity contribution in [2.24, 2.45) is 0 Å². The van der Waals surface area contributed by atoms with E-state index < -0.39 is 23.5 Å². The Hall–Kier alpha value is -4.37. The fraction of sp³-hybridized carbons (Fsp3) is 0.179. The van der Waals surface area contributed by atoms with Crippen molar-refractivity contribution in [1.82, 2.24) is 4.98 Å². The van der Waals surface area contributed by atoms with E-state index in [1.807, 2.05) is 25.1 Å². The summed E-state index contributed by atoms with van der Waals surface area (Å²) in [4.78, 5) is 33.0. The van der Waals surface area contributed by atoms with E-state index in [4.69, 9.17) is 13.9 Å². The molecule has 0 bridgehead atoms. The van der Waals surface area contributed by atoms with Crippen LogP contribution in [0.1, 0.15) is 34.8 Å². The molecule has 3 heterocycles. The molecule has 2 aromatic heterocycles. The minimum atomic E-state index is -0.954. The van der Waals surface area contributed by atoms with Gasteiger partial charge >= 0.3 is 0 Å². The number of fused-ring (bicyclic) bond motifs is 1. The summed E-state index contributed by atoms with van der Waals surface area (Å²) in [6.07, 6.45) is 1.62. The lowest BCUT2D eigenvalue weighted by atomic mass is 9.95. The molecular weight excluding hydrogens is 492 g/mol. The second kappa shape index (κ2) is 9.94. The third kappa shape index (κ3) is 4.49. The predicted molar refractivity (Wildman–Crippen MR) is 141 cm³/mol. The van der Waals surface area contributed by atoms with Gasteiger partial charge in [0.25, 0.3) is 5.91 Å². The predicted octanol–water partition coefficient (Wildman–Crippen LogP) is 5.94. The number of aryl methyl sites for hydroxylation is 1. The summed E-state index contributed by atoms with van der Waals surface area (Å²) in [6, 6.07) is 14.7. The third-order valence-corrected chi connectivity index (χ3v) is 6.84. The van der Waals surface area contributed by atoms with E-state index in [9.17, 15) is 14.7 Å². The number of thiazole rings is 1. The van der Waals surface area contributed by atoms with Crippen molar-refractivity contribution in [1.29, 1.82) is 0 Å². The molecule has 37 heavy (non-hydrogen) atoms. The number of carbonyl (C=O) groups excluding carboxylic acids is 2. The SMILES string of the molecule is C=CCOc1cccc(C2C(C(=O)c3ccc(C)o3)=C(O)C(=O)N2c2nc3ccc(OCC)cc3s2)c1. The summed E-state index contributed by atoms with van der Waals surface area (Å²) in [6.45, 7) is 8.09. The van der Waals surface area contributed by atoms with Gasteiger partial charge in [0.2, 0.25) is 5.78 Å². The topological polar surface area (TPSA) is 102 Å². The van der Waals surface area contributed by atoms with Gasteiger partial charge in [-0.3, -0.25) is 14.5 Å². The van der Waals surface area contributed by atoms with E-state index in [-0.39, 0.29) is 17.9 Å². The number of ether oxygens (including phenoxy) is 2. The molecule has 9 heteroatoms. The van der Waals surface area contributed by atoms with Gasteiger partial charge in [-0.25, -0.2) is 4.98 Å². The maximum Gasteiger partial charge on any atom is 0.296 e. The lowest BCUT2D eigenvalue weighted by molar-refractivity contribution is -0.117. The maximum absolute atomic E-state index is 13.6. The normalized spacial score (nSPS) is 15.5. The molecule has 0 saturated heterocycles. The molecule has 4 aromatic rings. The van der Waals surface area contributed by atoms with Crippen molar-refractivity contribution in [3.8, 4) is 11.5 Å². The molecule has 0 spiro atoms. The number of Topliss-reactive ketones (excluding diaryl/α,β-unsaturated/α-hetero) is 1. The van der Waals surface area contributed by atoms with Crippen LogP contribution >= 0.6 is 11.3 Å². The highest BCUT2D eigenvalue weighted by molar-refractivity contribution is 7.22. The van der Waals surface area contributed by atoms with Crippen LogP contribution in [0.4, 0.5) is 5.13 Å². The van der Waals surface area contributed by atoms with E-state index in [1.54, 1.807) is 43.3 Å². The Balaban J connectivity index is 1.64. The Morgan fingerprint density at radius 3 is 2.73 bits per heavy atom. The second-order valence-corrected chi connectivity index (χ2v) is 9.32. The van der Waals surface area contributed by atoms with Gasteiger partial charge in [-0.15, -0.1) is 0 Å². The molecule has 1 unspecified atom stereocenters. The summed E-state index contributed by atoms with van der Waals surface area (Å²) in [7, 11) is 0. The van der Waals surface area contributed by atoms with Gasteiger partial charge < -0.3 is 19.0 Å². The van der Waals surface area contributed by atoms with Gasteiger partial charge in [0, 0.05) is 0 Å². The molecule has 5 rings (SSSR count). The largest absolute Gasteiger partial charge is 0.503 e. The van der Waals surface area contributed by atoms with Crippen LogP contribution < -0.4 is 14.4 Å². The van der Waals surface area contributed by atoms with Gasteiger partial charge in [-0.2, -0.15) is 0 Å². The first kappa shape index (κ1) is 24.3. The zero-order valence-electron chi connectivity index (χ0n) is 20.3. The highest BCUT2D eigenvalue weighted by atomic mass is 32.1. The molecule has 0 aliphatic carbocycles. The monoisotopic (exact) mass is 516 g/mol. The Morgan fingerprint density at radius 1 is 1.19 bits per heavy atom. The molecule has 0 fully saturated rings. The zero-order chi connectivity index (χ0) is 26.1. The average molecular weight is 517 g/mol. The second-order valence-electron chi connectivity index (χ2n) is 8.31. The molecule has 8 nitrogen and oxygen atoms in total. The van der Waals surface area contributed by atoms with E-state index in [0.717, 1.165) is 4.70 Å². The van der Waals surface area contributed by atoms with Gasteiger partial charge in [-0.05, 0) is 61.9 Å². The van der Waals surface area contributed by atoms with E-state index in [1.165, 1.54) is 22.3 Å². The van der Waals surface area contributed by atoms with Crippen LogP contribution in [0.15, 0.2) is 83.0 Å². The third-order valence-electron chi connectivity index (χ3n) is 5.82. The van der Waals surface area contributed by atoms with Crippen LogP contribution in [-0.4, -0.2) is 35.0 Å². The number of furan rings is 1. The first-order valence-electron chi connectivity index (χ1n) is 11.7. The van der Waals surface area contributed by atoms with E-state index in [0.29, 0.717) is 40.1 Å². The summed E-state index contributed by atoms with van der Waals surface area (Å²) in [5.41, 5.74) is 1.15. The first-order chi connectivity index (χ1) is 17.9. The fourth-order valence-corrected chi connectivity index (χ4v) is 5.24. The quantitative estimate of drug-likeness (QED) is 0.217. The van der Waals surface area contributed by atoms with Crippen molar-refractivity contribution >= 4 is 38.4 Å². The van der Waals surface area contributed by atoms with Crippen LogP contribution in [0, 0.1) is 6.92 Å². The number of aliphatic hydroxyl groups is 1. The number of hydrogen-bond acceptors (Lipinski definition) is 8. The lowest BCUT2D eigenvalue weighted by Crippen LogP contribution is -2.31. The molecule has 1 aliphatic rings. The van der Waals surface area contributed by atoms with E-state index >= 15 is 0 Å². The highest BCUT2D eigenvalue weighted by Crippen LogP contribution is 2.45. The van der Waals surface area contributed by atoms with Crippen molar-refractivity contribution in [3.63, 3.8) is 0 Å². The number of nitrogens with zero attached hydrogens (tertiary/aromatic N) is 2. The minimum absolute atomic E-state index is 0.0309. The number of aliphatic hydroxyl groups excluding tert-OH is 1. The number of hydrogen-bond donors (Lipinski definition) is 1. The van der Waals surface area contributed by atoms with Crippen LogP contribution in [0.2, 0.25) is 0 Å². The van der Waals surface area contributed by atoms with Gasteiger partial charge in [-0.1, -0.05) is 36.1 Å². The van der Waals surface area contributed by atoms with Crippen LogP contribution in [0.25, 0.3) is 10.2 Å². The van der Waals surface area contributed by atoms with Gasteiger partial charge in [0.05, 0.1) is 28.4 Å². The Morgan fingerprint density at radius 2 is 2.00 bits per heavy atom. The molecule has 188 valence electrons. The molecule has 1 amide bonds. The van der Waals surface area contributed by atoms with Crippen molar-refractivity contribution < 1.29 is 28.6 Å². The maximum atomic E-state index is 13.6. The van der Waals surface area contributed by atoms with Gasteiger partial charge in [0.1, 0.15) is 23.9 Å². The molecule has 1 atom stereocenters.